The third kappa shape index (κ3) is 3.50. The van der Waals surface area contributed by atoms with Gasteiger partial charge in [-0.05, 0) is 25.5 Å². The molecule has 1 aromatic carbocycles. The molecule has 0 saturated carbocycles. The van der Waals surface area contributed by atoms with E-state index in [1.165, 1.54) is 12.1 Å². The first-order chi connectivity index (χ1) is 8.95. The fourth-order valence-electron chi connectivity index (χ4n) is 2.47. The maximum absolute atomic E-state index is 13.5. The van der Waals surface area contributed by atoms with Crippen LogP contribution in [0.4, 0.5) is 8.78 Å². The minimum Gasteiger partial charge on any atom is -0.339 e. The molecule has 1 fully saturated rings. The summed E-state index contributed by atoms with van der Waals surface area (Å²) in [5.74, 6) is -1.41. The number of hydrogen-bond acceptors (Lipinski definition) is 2. The van der Waals surface area contributed by atoms with Crippen molar-refractivity contribution < 1.29 is 13.6 Å². The second-order valence-corrected chi connectivity index (χ2v) is 5.18. The maximum Gasteiger partial charge on any atom is 0.227 e. The van der Waals surface area contributed by atoms with E-state index in [1.807, 2.05) is 13.8 Å². The van der Waals surface area contributed by atoms with Gasteiger partial charge in [-0.25, -0.2) is 8.78 Å². The topological polar surface area (TPSA) is 32.3 Å². The highest BCUT2D eigenvalue weighted by Gasteiger charge is 2.25. The molecule has 2 rings (SSSR count). The van der Waals surface area contributed by atoms with E-state index in [0.717, 1.165) is 6.07 Å². The van der Waals surface area contributed by atoms with Crippen LogP contribution in [0.2, 0.25) is 0 Å². The Labute approximate surface area is 111 Å². The van der Waals surface area contributed by atoms with Crippen molar-refractivity contribution in [1.29, 1.82) is 0 Å². The molecule has 0 bridgehead atoms. The molecule has 1 heterocycles. The number of amides is 1. The molecular formula is C14H18F2N2O. The summed E-state index contributed by atoms with van der Waals surface area (Å²) in [4.78, 5) is 13.9. The molecule has 1 amide bonds. The number of halogens is 2. The van der Waals surface area contributed by atoms with Crippen LogP contribution >= 0.6 is 0 Å². The number of hydrogen-bond donors (Lipinski definition) is 1. The summed E-state index contributed by atoms with van der Waals surface area (Å²) < 4.78 is 26.3. The molecule has 0 aliphatic carbocycles. The van der Waals surface area contributed by atoms with E-state index in [-0.39, 0.29) is 30.0 Å². The van der Waals surface area contributed by atoms with Crippen molar-refractivity contribution in [1.82, 2.24) is 10.2 Å². The summed E-state index contributed by atoms with van der Waals surface area (Å²) in [6, 6.07) is 3.77. The minimum absolute atomic E-state index is 0.0223. The van der Waals surface area contributed by atoms with Crippen LogP contribution in [-0.4, -0.2) is 36.0 Å². The van der Waals surface area contributed by atoms with Gasteiger partial charge in [0.25, 0.3) is 0 Å². The molecule has 1 aromatic rings. The van der Waals surface area contributed by atoms with Crippen molar-refractivity contribution >= 4 is 5.91 Å². The second kappa shape index (κ2) is 5.65. The molecule has 5 heteroatoms. The summed E-state index contributed by atoms with van der Waals surface area (Å²) in [7, 11) is 0. The summed E-state index contributed by atoms with van der Waals surface area (Å²) >= 11 is 0. The van der Waals surface area contributed by atoms with Gasteiger partial charge < -0.3 is 10.2 Å². The zero-order valence-electron chi connectivity index (χ0n) is 11.1. The van der Waals surface area contributed by atoms with Crippen molar-refractivity contribution in [2.24, 2.45) is 0 Å². The van der Waals surface area contributed by atoms with Gasteiger partial charge in [-0.2, -0.15) is 0 Å². The van der Waals surface area contributed by atoms with E-state index >= 15 is 0 Å². The standard InChI is InChI=1S/C14H18F2N2O/c1-9-7-18(8-10(2)17-9)14(19)5-11-3-4-12(15)6-13(11)16/h3-4,6,9-10,17H,5,7-8H2,1-2H3. The van der Waals surface area contributed by atoms with Crippen LogP contribution in [-0.2, 0) is 11.2 Å². The van der Waals surface area contributed by atoms with Gasteiger partial charge >= 0.3 is 0 Å². The summed E-state index contributed by atoms with van der Waals surface area (Å²) in [5.41, 5.74) is 0.241. The second-order valence-electron chi connectivity index (χ2n) is 5.18. The van der Waals surface area contributed by atoms with Crippen molar-refractivity contribution in [3.63, 3.8) is 0 Å². The van der Waals surface area contributed by atoms with Crippen LogP contribution in [0, 0.1) is 11.6 Å². The van der Waals surface area contributed by atoms with E-state index < -0.39 is 11.6 Å². The Balaban J connectivity index is 2.04. The molecule has 3 nitrogen and oxygen atoms in total. The largest absolute Gasteiger partial charge is 0.339 e. The molecule has 1 saturated heterocycles. The average Bonchev–Trinajstić information content (AvgIpc) is 2.31. The van der Waals surface area contributed by atoms with Crippen LogP contribution in [0.3, 0.4) is 0 Å². The molecule has 19 heavy (non-hydrogen) atoms. The highest BCUT2D eigenvalue weighted by Crippen LogP contribution is 2.13. The fourth-order valence-corrected chi connectivity index (χ4v) is 2.47. The lowest BCUT2D eigenvalue weighted by Gasteiger charge is -2.36. The first kappa shape index (κ1) is 13.9. The van der Waals surface area contributed by atoms with Crippen LogP contribution in [0.15, 0.2) is 18.2 Å². The molecule has 1 aliphatic rings. The number of nitrogens with one attached hydrogen (secondary N) is 1. The molecule has 2 atom stereocenters. The van der Waals surface area contributed by atoms with E-state index in [4.69, 9.17) is 0 Å². The minimum atomic E-state index is -0.662. The first-order valence-electron chi connectivity index (χ1n) is 6.43. The van der Waals surface area contributed by atoms with E-state index in [1.54, 1.807) is 4.90 Å². The van der Waals surface area contributed by atoms with Gasteiger partial charge in [0.1, 0.15) is 11.6 Å². The predicted octanol–water partition coefficient (Wildman–Crippen LogP) is 1.72. The number of carbonyl (C=O) groups excluding carboxylic acids is 1. The van der Waals surface area contributed by atoms with Gasteiger partial charge in [0, 0.05) is 31.2 Å². The van der Waals surface area contributed by atoms with Gasteiger partial charge in [0.15, 0.2) is 0 Å². The van der Waals surface area contributed by atoms with Gasteiger partial charge in [-0.3, -0.25) is 4.79 Å². The third-order valence-electron chi connectivity index (χ3n) is 3.27. The monoisotopic (exact) mass is 268 g/mol. The predicted molar refractivity (Wildman–Crippen MR) is 68.7 cm³/mol. The molecule has 0 radical (unpaired) electrons. The summed E-state index contributed by atoms with van der Waals surface area (Å²) in [6.45, 7) is 5.25. The van der Waals surface area contributed by atoms with E-state index in [0.29, 0.717) is 13.1 Å². The van der Waals surface area contributed by atoms with Crippen LogP contribution in [0.25, 0.3) is 0 Å². The SMILES string of the molecule is CC1CN(C(=O)Cc2ccc(F)cc2F)CC(C)N1. The normalized spacial score (nSPS) is 23.5. The molecule has 2 unspecified atom stereocenters. The van der Waals surface area contributed by atoms with E-state index in [2.05, 4.69) is 5.32 Å². The highest BCUT2D eigenvalue weighted by atomic mass is 19.1. The van der Waals surface area contributed by atoms with Gasteiger partial charge in [0.05, 0.1) is 6.42 Å². The molecular weight excluding hydrogens is 250 g/mol. The van der Waals surface area contributed by atoms with Crippen molar-refractivity contribution in [3.8, 4) is 0 Å². The number of benzene rings is 1. The molecule has 1 N–H and O–H groups in total. The van der Waals surface area contributed by atoms with Gasteiger partial charge in [-0.15, -0.1) is 0 Å². The lowest BCUT2D eigenvalue weighted by atomic mass is 10.1. The summed E-state index contributed by atoms with van der Waals surface area (Å²) in [6.07, 6.45) is -0.0223. The lowest BCUT2D eigenvalue weighted by Crippen LogP contribution is -2.56. The molecule has 0 aromatic heterocycles. The number of piperazine rings is 1. The van der Waals surface area contributed by atoms with Crippen molar-refractivity contribution in [3.05, 3.63) is 35.4 Å². The Bertz CT molecular complexity index is 469. The number of nitrogens with zero attached hydrogens (tertiary/aromatic N) is 1. The first-order valence-corrected chi connectivity index (χ1v) is 6.43. The Morgan fingerprint density at radius 2 is 1.95 bits per heavy atom. The Hall–Kier alpha value is -1.49. The zero-order chi connectivity index (χ0) is 14.0. The van der Waals surface area contributed by atoms with Crippen LogP contribution in [0.5, 0.6) is 0 Å². The Morgan fingerprint density at radius 1 is 1.32 bits per heavy atom. The summed E-state index contributed by atoms with van der Waals surface area (Å²) in [5, 5.41) is 3.33. The van der Waals surface area contributed by atoms with Crippen LogP contribution < -0.4 is 5.32 Å². The molecule has 0 spiro atoms. The number of rotatable bonds is 2. The van der Waals surface area contributed by atoms with Gasteiger partial charge in [0.2, 0.25) is 5.91 Å². The highest BCUT2D eigenvalue weighted by molar-refractivity contribution is 5.79. The lowest BCUT2D eigenvalue weighted by molar-refractivity contribution is -0.132. The van der Waals surface area contributed by atoms with Gasteiger partial charge in [-0.1, -0.05) is 6.07 Å². The van der Waals surface area contributed by atoms with Crippen molar-refractivity contribution in [2.75, 3.05) is 13.1 Å². The van der Waals surface area contributed by atoms with Crippen LogP contribution in [0.1, 0.15) is 19.4 Å². The Morgan fingerprint density at radius 3 is 2.53 bits per heavy atom. The van der Waals surface area contributed by atoms with Crippen molar-refractivity contribution in [2.45, 2.75) is 32.4 Å². The quantitative estimate of drug-likeness (QED) is 0.885. The Kier molecular flexibility index (Phi) is 4.14. The maximum atomic E-state index is 13.5. The molecule has 1 aliphatic heterocycles. The third-order valence-corrected chi connectivity index (χ3v) is 3.27. The zero-order valence-corrected chi connectivity index (χ0v) is 11.1. The average molecular weight is 268 g/mol. The number of carbonyl (C=O) groups is 1. The molecule has 104 valence electrons. The smallest absolute Gasteiger partial charge is 0.227 e. The fraction of sp³-hybridized carbons (Fsp3) is 0.500. The van der Waals surface area contributed by atoms with E-state index in [9.17, 15) is 13.6 Å².